The molecule has 0 saturated carbocycles. The maximum atomic E-state index is 12.7. The van der Waals surface area contributed by atoms with E-state index in [1.165, 1.54) is 5.56 Å². The zero-order valence-electron chi connectivity index (χ0n) is 15.5. The number of amides is 2. The molecule has 0 unspecified atom stereocenters. The number of fused-ring (bicyclic) bond motifs is 1. The second kappa shape index (κ2) is 6.82. The molecule has 1 fully saturated rings. The van der Waals surface area contributed by atoms with Crippen molar-refractivity contribution in [3.8, 4) is 0 Å². The lowest BCUT2D eigenvalue weighted by Crippen LogP contribution is -2.36. The van der Waals surface area contributed by atoms with Crippen molar-refractivity contribution in [3.05, 3.63) is 70.3 Å². The summed E-state index contributed by atoms with van der Waals surface area (Å²) in [6, 6.07) is 13.3. The zero-order valence-corrected chi connectivity index (χ0v) is 15.5. The fraction of sp³-hybridized carbons (Fsp3) is 0.364. The third-order valence-corrected chi connectivity index (χ3v) is 6.04. The van der Waals surface area contributed by atoms with Crippen LogP contribution in [-0.2, 0) is 24.2 Å². The quantitative estimate of drug-likeness (QED) is 0.650. The Balaban J connectivity index is 1.55. The summed E-state index contributed by atoms with van der Waals surface area (Å²) in [6.07, 6.45) is 3.23. The van der Waals surface area contributed by atoms with E-state index in [1.54, 1.807) is 6.07 Å². The highest BCUT2D eigenvalue weighted by Gasteiger charge is 2.44. The van der Waals surface area contributed by atoms with E-state index in [0.717, 1.165) is 47.6 Å². The molecule has 0 bridgehead atoms. The van der Waals surface area contributed by atoms with E-state index in [4.69, 9.17) is 0 Å². The van der Waals surface area contributed by atoms with Crippen LogP contribution in [0.4, 0.5) is 0 Å². The highest BCUT2D eigenvalue weighted by molar-refractivity contribution is 5.94. The predicted molar refractivity (Wildman–Crippen MR) is 101 cm³/mol. The Morgan fingerprint density at radius 3 is 2.74 bits per heavy atom. The van der Waals surface area contributed by atoms with Crippen molar-refractivity contribution in [1.29, 1.82) is 0 Å². The SMILES string of the molecule is Cc1ccccc1CN(O)C(=O)c1ccc2c(c1)C[C@@]1(CCNC1=O)CC2. The lowest BCUT2D eigenvalue weighted by atomic mass is 9.70. The standard InChI is InChI=1S/C22H24N2O3/c1-15-4-2-3-5-18(15)14-24(27)20(25)17-7-6-16-8-9-22(13-19(16)12-17)10-11-23-21(22)26/h2-7,12,27H,8-11,13-14H2,1H3,(H,23,26)/t22-/m0/s1. The number of hydrogen-bond donors (Lipinski definition) is 2. The van der Waals surface area contributed by atoms with Gasteiger partial charge in [0.25, 0.3) is 5.91 Å². The molecule has 1 heterocycles. The third-order valence-electron chi connectivity index (χ3n) is 6.04. The van der Waals surface area contributed by atoms with Crippen LogP contribution in [-0.4, -0.2) is 28.6 Å². The van der Waals surface area contributed by atoms with Crippen molar-refractivity contribution in [2.45, 2.75) is 39.2 Å². The molecule has 2 aliphatic rings. The molecule has 1 aliphatic heterocycles. The van der Waals surface area contributed by atoms with Gasteiger partial charge in [-0.2, -0.15) is 0 Å². The molecule has 4 rings (SSSR count). The maximum Gasteiger partial charge on any atom is 0.277 e. The van der Waals surface area contributed by atoms with E-state index >= 15 is 0 Å². The zero-order chi connectivity index (χ0) is 19.0. The molecule has 2 N–H and O–H groups in total. The molecule has 1 spiro atoms. The van der Waals surface area contributed by atoms with Crippen LogP contribution in [0.3, 0.4) is 0 Å². The van der Waals surface area contributed by atoms with Gasteiger partial charge in [0.05, 0.1) is 12.0 Å². The number of hydrogen-bond acceptors (Lipinski definition) is 3. The molecule has 5 heteroatoms. The van der Waals surface area contributed by atoms with Crippen LogP contribution in [0.5, 0.6) is 0 Å². The molecule has 0 aromatic heterocycles. The molecule has 27 heavy (non-hydrogen) atoms. The minimum absolute atomic E-state index is 0.133. The monoisotopic (exact) mass is 364 g/mol. The van der Waals surface area contributed by atoms with Crippen LogP contribution < -0.4 is 5.32 Å². The first kappa shape index (κ1) is 17.7. The van der Waals surface area contributed by atoms with Crippen molar-refractivity contribution >= 4 is 11.8 Å². The van der Waals surface area contributed by atoms with Crippen molar-refractivity contribution < 1.29 is 14.8 Å². The van der Waals surface area contributed by atoms with Gasteiger partial charge in [0.15, 0.2) is 0 Å². The molecule has 1 aliphatic carbocycles. The van der Waals surface area contributed by atoms with Crippen LogP contribution in [0.25, 0.3) is 0 Å². The van der Waals surface area contributed by atoms with Gasteiger partial charge < -0.3 is 5.32 Å². The molecule has 2 amide bonds. The van der Waals surface area contributed by atoms with Crippen molar-refractivity contribution in [2.75, 3.05) is 6.54 Å². The van der Waals surface area contributed by atoms with Gasteiger partial charge in [-0.3, -0.25) is 14.8 Å². The second-order valence-corrected chi connectivity index (χ2v) is 7.74. The fourth-order valence-corrected chi connectivity index (χ4v) is 4.29. The Labute approximate surface area is 159 Å². The van der Waals surface area contributed by atoms with E-state index in [-0.39, 0.29) is 17.9 Å². The summed E-state index contributed by atoms with van der Waals surface area (Å²) in [5, 5.41) is 14.0. The summed E-state index contributed by atoms with van der Waals surface area (Å²) < 4.78 is 0. The Morgan fingerprint density at radius 1 is 1.19 bits per heavy atom. The van der Waals surface area contributed by atoms with E-state index in [9.17, 15) is 14.8 Å². The van der Waals surface area contributed by atoms with Crippen molar-refractivity contribution in [2.24, 2.45) is 5.41 Å². The highest BCUT2D eigenvalue weighted by Crippen LogP contribution is 2.41. The van der Waals surface area contributed by atoms with Crippen LogP contribution >= 0.6 is 0 Å². The molecule has 5 nitrogen and oxygen atoms in total. The number of hydroxylamine groups is 2. The maximum absolute atomic E-state index is 12.7. The van der Waals surface area contributed by atoms with Gasteiger partial charge >= 0.3 is 0 Å². The first-order chi connectivity index (χ1) is 13.0. The Hall–Kier alpha value is -2.66. The average Bonchev–Trinajstić information content (AvgIpc) is 3.02. The minimum atomic E-state index is -0.420. The number of carbonyl (C=O) groups is 2. The molecule has 140 valence electrons. The average molecular weight is 364 g/mol. The van der Waals surface area contributed by atoms with Crippen LogP contribution in [0.2, 0.25) is 0 Å². The summed E-state index contributed by atoms with van der Waals surface area (Å²) in [5.74, 6) is -0.287. The largest absolute Gasteiger partial charge is 0.356 e. The van der Waals surface area contributed by atoms with Gasteiger partial charge in [-0.1, -0.05) is 30.3 Å². The minimum Gasteiger partial charge on any atom is -0.356 e. The second-order valence-electron chi connectivity index (χ2n) is 7.74. The molecule has 0 radical (unpaired) electrons. The number of nitrogens with zero attached hydrogens (tertiary/aromatic N) is 1. The predicted octanol–water partition coefficient (Wildman–Crippen LogP) is 3.02. The molecule has 2 aromatic rings. The summed E-state index contributed by atoms with van der Waals surface area (Å²) in [7, 11) is 0. The van der Waals surface area contributed by atoms with E-state index in [2.05, 4.69) is 5.32 Å². The van der Waals surface area contributed by atoms with Gasteiger partial charge in [-0.15, -0.1) is 0 Å². The molecule has 2 aromatic carbocycles. The molecular weight excluding hydrogens is 340 g/mol. The first-order valence-corrected chi connectivity index (χ1v) is 9.44. The van der Waals surface area contributed by atoms with Gasteiger partial charge in [0, 0.05) is 12.1 Å². The number of rotatable bonds is 3. The summed E-state index contributed by atoms with van der Waals surface area (Å²) in [6.45, 7) is 2.83. The molecular formula is C22H24N2O3. The summed E-state index contributed by atoms with van der Waals surface area (Å²) >= 11 is 0. The molecule has 1 atom stereocenters. The van der Waals surface area contributed by atoms with E-state index in [0.29, 0.717) is 12.0 Å². The van der Waals surface area contributed by atoms with Gasteiger partial charge in [-0.05, 0) is 67.0 Å². The lowest BCUT2D eigenvalue weighted by molar-refractivity contribution is -0.128. The van der Waals surface area contributed by atoms with Gasteiger partial charge in [0.2, 0.25) is 5.91 Å². The molecule has 1 saturated heterocycles. The van der Waals surface area contributed by atoms with Crippen molar-refractivity contribution in [3.63, 3.8) is 0 Å². The summed E-state index contributed by atoms with van der Waals surface area (Å²) in [5.41, 5.74) is 4.32. The highest BCUT2D eigenvalue weighted by atomic mass is 16.5. The topological polar surface area (TPSA) is 69.6 Å². The van der Waals surface area contributed by atoms with Crippen LogP contribution in [0, 0.1) is 12.3 Å². The number of benzene rings is 2. The summed E-state index contributed by atoms with van der Waals surface area (Å²) in [4.78, 5) is 25.0. The third kappa shape index (κ3) is 3.23. The van der Waals surface area contributed by atoms with Gasteiger partial charge in [-0.25, -0.2) is 5.06 Å². The fourth-order valence-electron chi connectivity index (χ4n) is 4.29. The van der Waals surface area contributed by atoms with Crippen LogP contribution in [0.1, 0.15) is 45.5 Å². The lowest BCUT2D eigenvalue weighted by Gasteiger charge is -2.32. The first-order valence-electron chi connectivity index (χ1n) is 9.44. The van der Waals surface area contributed by atoms with Crippen molar-refractivity contribution in [1.82, 2.24) is 10.4 Å². The Kier molecular flexibility index (Phi) is 4.48. The van der Waals surface area contributed by atoms with Gasteiger partial charge in [0.1, 0.15) is 0 Å². The Morgan fingerprint density at radius 2 is 2.00 bits per heavy atom. The van der Waals surface area contributed by atoms with E-state index in [1.807, 2.05) is 43.3 Å². The van der Waals surface area contributed by atoms with E-state index < -0.39 is 5.91 Å². The number of carbonyl (C=O) groups excluding carboxylic acids is 2. The Bertz CT molecular complexity index is 908. The number of aryl methyl sites for hydroxylation is 2. The normalized spacial score (nSPS) is 21.0. The van der Waals surface area contributed by atoms with Crippen LogP contribution in [0.15, 0.2) is 42.5 Å². The number of nitrogens with one attached hydrogen (secondary N) is 1. The smallest absolute Gasteiger partial charge is 0.277 e.